The second-order valence-electron chi connectivity index (χ2n) is 5.62. The summed E-state index contributed by atoms with van der Waals surface area (Å²) in [7, 11) is 3.01. The van der Waals surface area contributed by atoms with Crippen LogP contribution >= 0.6 is 0 Å². The van der Waals surface area contributed by atoms with Crippen molar-refractivity contribution in [3.63, 3.8) is 0 Å². The summed E-state index contributed by atoms with van der Waals surface area (Å²) in [4.78, 5) is 24.2. The molecule has 1 amide bonds. The Hall–Kier alpha value is -2.63. The van der Waals surface area contributed by atoms with E-state index in [2.05, 4.69) is 10.4 Å². The lowest BCUT2D eigenvalue weighted by molar-refractivity contribution is -0.144. The number of hydrogen-bond donors (Lipinski definition) is 1. The predicted molar refractivity (Wildman–Crippen MR) is 86.8 cm³/mol. The molecule has 0 bridgehead atoms. The Morgan fingerprint density at radius 1 is 1.22 bits per heavy atom. The SMILES string of the molecule is COC(=O)[C@H](NC(=O)c1cc(-c2ccccc2)nn1C)C(C)C. The minimum absolute atomic E-state index is 0.0757. The van der Waals surface area contributed by atoms with E-state index in [1.165, 1.54) is 11.8 Å². The van der Waals surface area contributed by atoms with Crippen molar-refractivity contribution in [2.24, 2.45) is 13.0 Å². The number of esters is 1. The van der Waals surface area contributed by atoms with Crippen LogP contribution in [0.25, 0.3) is 11.3 Å². The Bertz CT molecular complexity index is 692. The first-order valence-corrected chi connectivity index (χ1v) is 7.42. The minimum Gasteiger partial charge on any atom is -0.467 e. The van der Waals surface area contributed by atoms with Crippen molar-refractivity contribution < 1.29 is 14.3 Å². The summed E-state index contributed by atoms with van der Waals surface area (Å²) in [6, 6.07) is 10.6. The lowest BCUT2D eigenvalue weighted by Crippen LogP contribution is -2.45. The van der Waals surface area contributed by atoms with Crippen molar-refractivity contribution in [2.75, 3.05) is 7.11 Å². The molecule has 23 heavy (non-hydrogen) atoms. The molecular formula is C17H21N3O3. The molecular weight excluding hydrogens is 294 g/mol. The molecule has 6 heteroatoms. The van der Waals surface area contributed by atoms with Crippen LogP contribution in [-0.4, -0.2) is 34.8 Å². The van der Waals surface area contributed by atoms with Crippen LogP contribution in [0.15, 0.2) is 36.4 Å². The molecule has 1 N–H and O–H groups in total. The largest absolute Gasteiger partial charge is 0.467 e. The van der Waals surface area contributed by atoms with Crippen LogP contribution in [0.1, 0.15) is 24.3 Å². The first kappa shape index (κ1) is 16.7. The number of nitrogens with zero attached hydrogens (tertiary/aromatic N) is 2. The van der Waals surface area contributed by atoms with Crippen molar-refractivity contribution in [2.45, 2.75) is 19.9 Å². The van der Waals surface area contributed by atoms with Crippen LogP contribution in [0.4, 0.5) is 0 Å². The van der Waals surface area contributed by atoms with E-state index in [-0.39, 0.29) is 11.8 Å². The molecule has 0 aliphatic rings. The third kappa shape index (κ3) is 3.77. The van der Waals surface area contributed by atoms with Crippen molar-refractivity contribution in [3.05, 3.63) is 42.1 Å². The minimum atomic E-state index is -0.692. The highest BCUT2D eigenvalue weighted by atomic mass is 16.5. The van der Waals surface area contributed by atoms with Crippen LogP contribution in [0.3, 0.4) is 0 Å². The topological polar surface area (TPSA) is 73.2 Å². The van der Waals surface area contributed by atoms with Gasteiger partial charge in [-0.3, -0.25) is 9.48 Å². The maximum atomic E-state index is 12.5. The molecule has 0 saturated heterocycles. The van der Waals surface area contributed by atoms with Gasteiger partial charge in [0.25, 0.3) is 5.91 Å². The lowest BCUT2D eigenvalue weighted by atomic mass is 10.0. The highest BCUT2D eigenvalue weighted by Crippen LogP contribution is 2.18. The first-order chi connectivity index (χ1) is 10.9. The number of benzene rings is 1. The van der Waals surface area contributed by atoms with Crippen LogP contribution in [0.5, 0.6) is 0 Å². The third-order valence-electron chi connectivity index (χ3n) is 3.59. The van der Waals surface area contributed by atoms with E-state index in [0.717, 1.165) is 5.56 Å². The van der Waals surface area contributed by atoms with Gasteiger partial charge in [-0.2, -0.15) is 5.10 Å². The molecule has 6 nitrogen and oxygen atoms in total. The van der Waals surface area contributed by atoms with E-state index in [0.29, 0.717) is 11.4 Å². The van der Waals surface area contributed by atoms with Crippen LogP contribution in [-0.2, 0) is 16.6 Å². The smallest absolute Gasteiger partial charge is 0.328 e. The number of ether oxygens (including phenoxy) is 1. The number of amides is 1. The molecule has 0 unspecified atom stereocenters. The predicted octanol–water partition coefficient (Wildman–Crippen LogP) is 2.01. The first-order valence-electron chi connectivity index (χ1n) is 7.42. The summed E-state index contributed by atoms with van der Waals surface area (Å²) in [5.41, 5.74) is 2.02. The zero-order valence-corrected chi connectivity index (χ0v) is 13.7. The van der Waals surface area contributed by atoms with Crippen molar-refractivity contribution in [3.8, 4) is 11.3 Å². The average molecular weight is 315 g/mol. The summed E-state index contributed by atoms with van der Waals surface area (Å²) in [6.45, 7) is 3.70. The summed E-state index contributed by atoms with van der Waals surface area (Å²) < 4.78 is 6.25. The fourth-order valence-electron chi connectivity index (χ4n) is 2.27. The second kappa shape index (κ2) is 7.09. The van der Waals surface area contributed by atoms with Crippen molar-refractivity contribution in [1.82, 2.24) is 15.1 Å². The molecule has 0 fully saturated rings. The number of carbonyl (C=O) groups excluding carboxylic acids is 2. The number of aryl methyl sites for hydroxylation is 1. The zero-order chi connectivity index (χ0) is 17.0. The maximum Gasteiger partial charge on any atom is 0.328 e. The van der Waals surface area contributed by atoms with E-state index in [1.807, 2.05) is 44.2 Å². The van der Waals surface area contributed by atoms with Crippen LogP contribution in [0.2, 0.25) is 0 Å². The van der Waals surface area contributed by atoms with Crippen LogP contribution in [0, 0.1) is 5.92 Å². The van der Waals surface area contributed by atoms with Gasteiger partial charge in [-0.1, -0.05) is 44.2 Å². The number of aromatic nitrogens is 2. The summed E-state index contributed by atoms with van der Waals surface area (Å²) in [6.07, 6.45) is 0. The molecule has 1 aromatic heterocycles. The summed E-state index contributed by atoms with van der Waals surface area (Å²) >= 11 is 0. The number of carbonyl (C=O) groups is 2. The van der Waals surface area contributed by atoms with Gasteiger partial charge in [0.05, 0.1) is 12.8 Å². The van der Waals surface area contributed by atoms with Gasteiger partial charge in [0, 0.05) is 12.6 Å². The number of hydrogen-bond acceptors (Lipinski definition) is 4. The Balaban J connectivity index is 2.23. The van der Waals surface area contributed by atoms with Gasteiger partial charge in [0.15, 0.2) is 0 Å². The van der Waals surface area contributed by atoms with E-state index >= 15 is 0 Å². The molecule has 0 spiro atoms. The molecule has 0 saturated carbocycles. The van der Waals surface area contributed by atoms with Gasteiger partial charge in [-0.25, -0.2) is 4.79 Å². The fraction of sp³-hybridized carbons (Fsp3) is 0.353. The molecule has 0 radical (unpaired) electrons. The fourth-order valence-corrected chi connectivity index (χ4v) is 2.27. The number of rotatable bonds is 5. The van der Waals surface area contributed by atoms with Gasteiger partial charge < -0.3 is 10.1 Å². The molecule has 1 heterocycles. The second-order valence-corrected chi connectivity index (χ2v) is 5.62. The van der Waals surface area contributed by atoms with Crippen LogP contribution < -0.4 is 5.32 Å². The lowest BCUT2D eigenvalue weighted by Gasteiger charge is -2.19. The number of methoxy groups -OCH3 is 1. The summed E-state index contributed by atoms with van der Waals surface area (Å²) in [5.74, 6) is -0.890. The monoisotopic (exact) mass is 315 g/mol. The number of nitrogens with one attached hydrogen (secondary N) is 1. The zero-order valence-electron chi connectivity index (χ0n) is 13.7. The maximum absolute atomic E-state index is 12.5. The van der Waals surface area contributed by atoms with Gasteiger partial charge in [-0.05, 0) is 12.0 Å². The van der Waals surface area contributed by atoms with Gasteiger partial charge in [0.2, 0.25) is 0 Å². The average Bonchev–Trinajstić information content (AvgIpc) is 2.94. The van der Waals surface area contributed by atoms with E-state index in [4.69, 9.17) is 4.74 Å². The van der Waals surface area contributed by atoms with E-state index in [1.54, 1.807) is 13.1 Å². The van der Waals surface area contributed by atoms with Gasteiger partial charge >= 0.3 is 5.97 Å². The Labute approximate surface area is 135 Å². The Kier molecular flexibility index (Phi) is 5.16. The standard InChI is InChI=1S/C17H21N3O3/c1-11(2)15(17(22)23-4)18-16(21)14-10-13(19-20(14)3)12-8-6-5-7-9-12/h5-11,15H,1-4H3,(H,18,21)/t15-/m1/s1. The molecule has 0 aliphatic heterocycles. The van der Waals surface area contributed by atoms with Crippen molar-refractivity contribution >= 4 is 11.9 Å². The molecule has 1 atom stereocenters. The highest BCUT2D eigenvalue weighted by molar-refractivity contribution is 5.96. The quantitative estimate of drug-likeness (QED) is 0.857. The molecule has 2 aromatic rings. The molecule has 0 aliphatic carbocycles. The Morgan fingerprint density at radius 3 is 2.43 bits per heavy atom. The summed E-state index contributed by atoms with van der Waals surface area (Å²) in [5, 5.41) is 7.07. The highest BCUT2D eigenvalue weighted by Gasteiger charge is 2.26. The molecule has 2 rings (SSSR count). The van der Waals surface area contributed by atoms with Crippen molar-refractivity contribution in [1.29, 1.82) is 0 Å². The molecule has 1 aromatic carbocycles. The third-order valence-corrected chi connectivity index (χ3v) is 3.59. The molecule has 122 valence electrons. The normalized spacial score (nSPS) is 12.0. The Morgan fingerprint density at radius 2 is 1.87 bits per heavy atom. The van der Waals surface area contributed by atoms with Gasteiger partial charge in [-0.15, -0.1) is 0 Å². The van der Waals surface area contributed by atoms with Gasteiger partial charge in [0.1, 0.15) is 11.7 Å². The van der Waals surface area contributed by atoms with E-state index < -0.39 is 12.0 Å². The van der Waals surface area contributed by atoms with E-state index in [9.17, 15) is 9.59 Å².